The second-order valence-corrected chi connectivity index (χ2v) is 21.3. The Hall–Kier alpha value is -1.97. The van der Waals surface area contributed by atoms with Crippen LogP contribution in [0.5, 0.6) is 0 Å². The molecular formula is C59H114NO8+. The fourth-order valence-corrected chi connectivity index (χ4v) is 8.72. The number of hydrogen-bond donors (Lipinski definition) is 1. The van der Waals surface area contributed by atoms with Crippen LogP contribution in [0.1, 0.15) is 290 Å². The van der Waals surface area contributed by atoms with Crippen LogP contribution in [0.3, 0.4) is 0 Å². The van der Waals surface area contributed by atoms with Crippen molar-refractivity contribution in [1.29, 1.82) is 0 Å². The van der Waals surface area contributed by atoms with E-state index in [4.69, 9.17) is 18.9 Å². The van der Waals surface area contributed by atoms with Gasteiger partial charge in [0.25, 0.3) is 6.29 Å². The van der Waals surface area contributed by atoms with E-state index in [0.717, 1.165) is 38.5 Å². The second kappa shape index (κ2) is 51.4. The van der Waals surface area contributed by atoms with Gasteiger partial charge in [-0.25, -0.2) is 4.79 Å². The minimum atomic E-state index is -1.51. The molecule has 0 saturated carbocycles. The van der Waals surface area contributed by atoms with Gasteiger partial charge in [0, 0.05) is 12.8 Å². The molecule has 0 radical (unpaired) electrons. The summed E-state index contributed by atoms with van der Waals surface area (Å²) in [5.74, 6) is -1.98. The summed E-state index contributed by atoms with van der Waals surface area (Å²) < 4.78 is 22.9. The summed E-state index contributed by atoms with van der Waals surface area (Å²) in [5.41, 5.74) is 0. The summed E-state index contributed by atoms with van der Waals surface area (Å²) in [7, 11) is 5.98. The number of esters is 2. The summed E-state index contributed by atoms with van der Waals surface area (Å²) in [5, 5.41) is 9.70. The lowest BCUT2D eigenvalue weighted by molar-refractivity contribution is -0.870. The van der Waals surface area contributed by atoms with Crippen molar-refractivity contribution in [1.82, 2.24) is 0 Å². The van der Waals surface area contributed by atoms with Crippen molar-refractivity contribution in [3.63, 3.8) is 0 Å². The van der Waals surface area contributed by atoms with E-state index < -0.39 is 18.4 Å². The molecular weight excluding hydrogens is 851 g/mol. The molecule has 0 aliphatic rings. The van der Waals surface area contributed by atoms with Crippen LogP contribution in [0, 0.1) is 0 Å². The smallest absolute Gasteiger partial charge is 0.361 e. The molecule has 0 saturated heterocycles. The van der Waals surface area contributed by atoms with Crippen molar-refractivity contribution in [3.05, 3.63) is 12.2 Å². The van der Waals surface area contributed by atoms with Gasteiger partial charge in [0.05, 0.1) is 34.4 Å². The van der Waals surface area contributed by atoms with E-state index in [0.29, 0.717) is 17.4 Å². The summed E-state index contributed by atoms with van der Waals surface area (Å²) in [4.78, 5) is 37.4. The van der Waals surface area contributed by atoms with Gasteiger partial charge in [0.15, 0.2) is 6.10 Å². The lowest BCUT2D eigenvalue weighted by Gasteiger charge is -2.25. The number of carboxylic acid groups (broad SMARTS) is 1. The number of carbonyl (C=O) groups excluding carboxylic acids is 2. The predicted octanol–water partition coefficient (Wildman–Crippen LogP) is 17.0. The van der Waals surface area contributed by atoms with E-state index in [1.807, 2.05) is 21.1 Å². The number of carbonyl (C=O) groups is 3. The SMILES string of the molecule is CCCCCCCCCC/C=C\CCCCCCCCCCCCCC(=O)OC(COC(=O)CCCCCCCCCCCCCCCCCCCCCC)COC(OCC[N+](C)(C)C)C(=O)O. The fraction of sp³-hybridized carbons (Fsp3) is 0.915. The van der Waals surface area contributed by atoms with Crippen LogP contribution in [0.25, 0.3) is 0 Å². The average Bonchev–Trinajstić information content (AvgIpc) is 3.30. The van der Waals surface area contributed by atoms with Crippen LogP contribution >= 0.6 is 0 Å². The molecule has 2 atom stereocenters. The number of nitrogens with zero attached hydrogens (tertiary/aromatic N) is 1. The fourth-order valence-electron chi connectivity index (χ4n) is 8.72. The number of rotatable bonds is 55. The van der Waals surface area contributed by atoms with Crippen molar-refractivity contribution >= 4 is 17.9 Å². The Balaban J connectivity index is 4.21. The molecule has 402 valence electrons. The van der Waals surface area contributed by atoms with Crippen molar-refractivity contribution in [2.75, 3.05) is 47.5 Å². The third-order valence-electron chi connectivity index (χ3n) is 13.3. The minimum Gasteiger partial charge on any atom is -0.477 e. The summed E-state index contributed by atoms with van der Waals surface area (Å²) in [6.45, 7) is 4.94. The second-order valence-electron chi connectivity index (χ2n) is 21.3. The molecule has 68 heavy (non-hydrogen) atoms. The molecule has 0 spiro atoms. The van der Waals surface area contributed by atoms with Gasteiger partial charge in [-0.3, -0.25) is 9.59 Å². The van der Waals surface area contributed by atoms with Gasteiger partial charge in [0.2, 0.25) is 0 Å². The molecule has 2 unspecified atom stereocenters. The molecule has 9 nitrogen and oxygen atoms in total. The van der Waals surface area contributed by atoms with Crippen LogP contribution in [0.15, 0.2) is 12.2 Å². The Labute approximate surface area is 421 Å². The molecule has 1 N–H and O–H groups in total. The number of aliphatic carboxylic acids is 1. The average molecular weight is 966 g/mol. The van der Waals surface area contributed by atoms with E-state index in [1.165, 1.54) is 225 Å². The number of unbranched alkanes of at least 4 members (excludes halogenated alkanes) is 38. The third-order valence-corrected chi connectivity index (χ3v) is 13.3. The zero-order valence-electron chi connectivity index (χ0n) is 45.8. The maximum Gasteiger partial charge on any atom is 0.361 e. The maximum absolute atomic E-state index is 12.9. The molecule has 0 aliphatic carbocycles. The van der Waals surface area contributed by atoms with Crippen LogP contribution in [0.2, 0.25) is 0 Å². The van der Waals surface area contributed by atoms with E-state index in [1.54, 1.807) is 0 Å². The van der Waals surface area contributed by atoms with E-state index in [-0.39, 0.29) is 38.2 Å². The molecule has 9 heteroatoms. The van der Waals surface area contributed by atoms with Crippen LogP contribution < -0.4 is 0 Å². The zero-order valence-corrected chi connectivity index (χ0v) is 45.8. The number of ether oxygens (including phenoxy) is 4. The normalized spacial score (nSPS) is 12.8. The van der Waals surface area contributed by atoms with Gasteiger partial charge in [0.1, 0.15) is 13.2 Å². The maximum atomic E-state index is 12.9. The number of likely N-dealkylation sites (N-methyl/N-ethyl adjacent to an activating group) is 1. The first kappa shape index (κ1) is 66.0. The monoisotopic (exact) mass is 965 g/mol. The van der Waals surface area contributed by atoms with Crippen molar-refractivity contribution in [2.24, 2.45) is 0 Å². The van der Waals surface area contributed by atoms with Crippen molar-refractivity contribution in [2.45, 2.75) is 302 Å². The Morgan fingerprint density at radius 2 is 0.750 bits per heavy atom. The molecule has 0 aromatic heterocycles. The molecule has 0 amide bonds. The number of hydrogen-bond acceptors (Lipinski definition) is 7. The Morgan fingerprint density at radius 1 is 0.426 bits per heavy atom. The van der Waals surface area contributed by atoms with Gasteiger partial charge in [-0.2, -0.15) is 0 Å². The van der Waals surface area contributed by atoms with E-state index >= 15 is 0 Å². The van der Waals surface area contributed by atoms with Gasteiger partial charge in [-0.05, 0) is 38.5 Å². The minimum absolute atomic E-state index is 0.175. The van der Waals surface area contributed by atoms with E-state index in [2.05, 4.69) is 26.0 Å². The van der Waals surface area contributed by atoms with Crippen molar-refractivity contribution < 1.29 is 42.9 Å². The largest absolute Gasteiger partial charge is 0.477 e. The number of quaternary nitrogens is 1. The first-order chi connectivity index (χ1) is 33.1. The zero-order chi connectivity index (χ0) is 49.9. The van der Waals surface area contributed by atoms with Crippen LogP contribution in [0.4, 0.5) is 0 Å². The number of carboxylic acids is 1. The van der Waals surface area contributed by atoms with Gasteiger partial charge in [-0.1, -0.05) is 251 Å². The quantitative estimate of drug-likeness (QED) is 0.0211. The summed E-state index contributed by atoms with van der Waals surface area (Å²) in [6.07, 6.45) is 55.7. The standard InChI is InChI=1S/C59H113NO8/c1-6-8-10-12-14-16-18-20-22-24-26-28-29-30-32-34-36-38-40-42-44-46-48-50-57(62)68-55(54-67-59(58(63)64)65-52-51-60(3,4)5)53-66-56(61)49-47-45-43-41-39-37-35-33-31-27-25-23-21-19-17-15-13-11-9-7-2/h24,26,55,59H,6-23,25,27-54H2,1-5H3/p+1/b26-24-. The lowest BCUT2D eigenvalue weighted by atomic mass is 10.0. The Morgan fingerprint density at radius 3 is 1.09 bits per heavy atom. The van der Waals surface area contributed by atoms with Crippen LogP contribution in [-0.4, -0.2) is 87.4 Å². The molecule has 0 aliphatic heterocycles. The van der Waals surface area contributed by atoms with Gasteiger partial charge in [-0.15, -0.1) is 0 Å². The molecule has 0 bridgehead atoms. The number of allylic oxidation sites excluding steroid dienone is 2. The molecule has 0 rings (SSSR count). The van der Waals surface area contributed by atoms with Gasteiger partial charge >= 0.3 is 17.9 Å². The third kappa shape index (κ3) is 51.9. The molecule has 0 aromatic rings. The predicted molar refractivity (Wildman–Crippen MR) is 286 cm³/mol. The molecule has 0 aromatic carbocycles. The highest BCUT2D eigenvalue weighted by Crippen LogP contribution is 2.17. The highest BCUT2D eigenvalue weighted by atomic mass is 16.7. The highest BCUT2D eigenvalue weighted by Gasteiger charge is 2.25. The molecule has 0 heterocycles. The highest BCUT2D eigenvalue weighted by molar-refractivity contribution is 5.71. The topological polar surface area (TPSA) is 108 Å². The first-order valence-corrected chi connectivity index (χ1v) is 29.4. The first-order valence-electron chi connectivity index (χ1n) is 29.4. The Kier molecular flexibility index (Phi) is 49.9. The lowest BCUT2D eigenvalue weighted by Crippen LogP contribution is -2.40. The van der Waals surface area contributed by atoms with Crippen LogP contribution in [-0.2, 0) is 33.3 Å². The Bertz CT molecular complexity index is 1120. The van der Waals surface area contributed by atoms with Crippen molar-refractivity contribution in [3.8, 4) is 0 Å². The summed E-state index contributed by atoms with van der Waals surface area (Å²) in [6, 6.07) is 0. The molecule has 0 fully saturated rings. The summed E-state index contributed by atoms with van der Waals surface area (Å²) >= 11 is 0. The van der Waals surface area contributed by atoms with Gasteiger partial charge < -0.3 is 28.5 Å². The van der Waals surface area contributed by atoms with E-state index in [9.17, 15) is 19.5 Å².